The van der Waals surface area contributed by atoms with Gasteiger partial charge in [0.15, 0.2) is 0 Å². The maximum atomic E-state index is 13.4. The van der Waals surface area contributed by atoms with Crippen LogP contribution in [0.2, 0.25) is 5.15 Å². The Balaban J connectivity index is 1.79. The number of halogens is 3. The second kappa shape index (κ2) is 7.81. The highest BCUT2D eigenvalue weighted by atomic mass is 35.5. The van der Waals surface area contributed by atoms with E-state index in [4.69, 9.17) is 16.3 Å². The summed E-state index contributed by atoms with van der Waals surface area (Å²) in [6, 6.07) is 2.47. The summed E-state index contributed by atoms with van der Waals surface area (Å²) >= 11 is 6.01. The second-order valence-corrected chi connectivity index (χ2v) is 9.33. The molecule has 1 atom stereocenters. The highest BCUT2D eigenvalue weighted by Gasteiger charge is 2.45. The zero-order valence-electron chi connectivity index (χ0n) is 15.6. The van der Waals surface area contributed by atoms with Crippen molar-refractivity contribution in [2.24, 2.45) is 0 Å². The van der Waals surface area contributed by atoms with Gasteiger partial charge >= 0.3 is 0 Å². The van der Waals surface area contributed by atoms with Gasteiger partial charge in [0.2, 0.25) is 22.2 Å². The SMILES string of the molecule is Cc1ccc(S(=O)(=O)N2CCO[C@@H]2C(=O)N(C)C2CCC(F)(F)CC2)c(Cl)n1. The quantitative estimate of drug-likeness (QED) is 0.676. The van der Waals surface area contributed by atoms with Crippen molar-refractivity contribution in [1.82, 2.24) is 14.2 Å². The van der Waals surface area contributed by atoms with Crippen LogP contribution in [-0.4, -0.2) is 66.9 Å². The lowest BCUT2D eigenvalue weighted by Gasteiger charge is -2.36. The molecule has 156 valence electrons. The molecule has 2 aliphatic rings. The Morgan fingerprint density at radius 1 is 1.36 bits per heavy atom. The molecule has 1 aliphatic carbocycles. The number of nitrogens with zero attached hydrogens (tertiary/aromatic N) is 3. The first-order valence-electron chi connectivity index (χ1n) is 8.94. The lowest BCUT2D eigenvalue weighted by atomic mass is 9.91. The summed E-state index contributed by atoms with van der Waals surface area (Å²) in [6.07, 6.45) is -1.64. The first-order valence-corrected chi connectivity index (χ1v) is 10.8. The molecule has 2 fully saturated rings. The molecule has 0 aromatic carbocycles. The fraction of sp³-hybridized carbons (Fsp3) is 0.647. The Morgan fingerprint density at radius 2 is 2.00 bits per heavy atom. The van der Waals surface area contributed by atoms with E-state index < -0.39 is 28.1 Å². The van der Waals surface area contributed by atoms with Crippen LogP contribution in [-0.2, 0) is 19.6 Å². The number of likely N-dealkylation sites (N-methyl/N-ethyl adjacent to an activating group) is 1. The molecule has 1 saturated carbocycles. The van der Waals surface area contributed by atoms with Gasteiger partial charge in [0, 0.05) is 38.2 Å². The number of hydrogen-bond donors (Lipinski definition) is 0. The van der Waals surface area contributed by atoms with Crippen LogP contribution in [0.1, 0.15) is 31.4 Å². The van der Waals surface area contributed by atoms with Crippen molar-refractivity contribution in [3.63, 3.8) is 0 Å². The molecular weight excluding hydrogens is 416 g/mol. The number of aromatic nitrogens is 1. The van der Waals surface area contributed by atoms with Crippen LogP contribution in [0.3, 0.4) is 0 Å². The van der Waals surface area contributed by atoms with Crippen LogP contribution >= 0.6 is 11.6 Å². The normalized spacial score (nSPS) is 23.7. The number of rotatable bonds is 4. The van der Waals surface area contributed by atoms with Gasteiger partial charge in [-0.3, -0.25) is 4.79 Å². The first-order chi connectivity index (χ1) is 13.0. The van der Waals surface area contributed by atoms with Gasteiger partial charge in [0.25, 0.3) is 5.91 Å². The summed E-state index contributed by atoms with van der Waals surface area (Å²) in [6.45, 7) is 1.71. The molecule has 0 unspecified atom stereocenters. The average molecular weight is 438 g/mol. The number of pyridine rings is 1. The van der Waals surface area contributed by atoms with Crippen LogP contribution < -0.4 is 0 Å². The van der Waals surface area contributed by atoms with Crippen LogP contribution in [0, 0.1) is 6.92 Å². The number of hydrogen-bond acceptors (Lipinski definition) is 5. The van der Waals surface area contributed by atoms with E-state index >= 15 is 0 Å². The lowest BCUT2D eigenvalue weighted by molar-refractivity contribution is -0.148. The Morgan fingerprint density at radius 3 is 2.61 bits per heavy atom. The molecule has 0 spiro atoms. The topological polar surface area (TPSA) is 79.8 Å². The molecule has 1 aromatic rings. The molecule has 1 aromatic heterocycles. The summed E-state index contributed by atoms with van der Waals surface area (Å²) in [7, 11) is -2.63. The largest absolute Gasteiger partial charge is 0.351 e. The maximum Gasteiger partial charge on any atom is 0.268 e. The number of carbonyl (C=O) groups is 1. The number of ether oxygens (including phenoxy) is 1. The molecule has 1 amide bonds. The molecule has 2 heterocycles. The van der Waals surface area contributed by atoms with Crippen molar-refractivity contribution in [3.05, 3.63) is 23.0 Å². The molecule has 0 N–H and O–H groups in total. The number of amides is 1. The number of sulfonamides is 1. The fourth-order valence-corrected chi connectivity index (χ4v) is 5.45. The molecule has 7 nitrogen and oxygen atoms in total. The minimum Gasteiger partial charge on any atom is -0.351 e. The van der Waals surface area contributed by atoms with Crippen LogP contribution in [0.15, 0.2) is 17.0 Å². The first kappa shape index (κ1) is 21.4. The molecule has 1 saturated heterocycles. The van der Waals surface area contributed by atoms with E-state index in [1.54, 1.807) is 6.92 Å². The smallest absolute Gasteiger partial charge is 0.268 e. The fourth-order valence-electron chi connectivity index (χ4n) is 3.49. The third-order valence-corrected chi connectivity index (χ3v) is 7.46. The third kappa shape index (κ3) is 4.14. The van der Waals surface area contributed by atoms with Gasteiger partial charge in [-0.25, -0.2) is 22.2 Å². The highest BCUT2D eigenvalue weighted by Crippen LogP contribution is 2.35. The van der Waals surface area contributed by atoms with E-state index in [9.17, 15) is 22.0 Å². The van der Waals surface area contributed by atoms with Gasteiger partial charge in [-0.05, 0) is 31.9 Å². The van der Waals surface area contributed by atoms with Crippen molar-refractivity contribution < 1.29 is 26.7 Å². The Labute approximate surface area is 167 Å². The van der Waals surface area contributed by atoms with E-state index in [-0.39, 0.29) is 54.9 Å². The van der Waals surface area contributed by atoms with Crippen molar-refractivity contribution in [2.45, 2.75) is 55.7 Å². The number of carbonyl (C=O) groups excluding carboxylic acids is 1. The van der Waals surface area contributed by atoms with Crippen molar-refractivity contribution >= 4 is 27.5 Å². The van der Waals surface area contributed by atoms with Gasteiger partial charge in [-0.1, -0.05) is 11.6 Å². The minimum atomic E-state index is -4.12. The van der Waals surface area contributed by atoms with E-state index in [1.165, 1.54) is 24.1 Å². The Kier molecular flexibility index (Phi) is 5.96. The van der Waals surface area contributed by atoms with Gasteiger partial charge in [0.05, 0.1) is 6.61 Å². The molecular formula is C17H22ClF2N3O4S. The van der Waals surface area contributed by atoms with Crippen LogP contribution in [0.25, 0.3) is 0 Å². The Hall–Kier alpha value is -1.36. The molecule has 28 heavy (non-hydrogen) atoms. The molecule has 11 heteroatoms. The zero-order chi connectivity index (χ0) is 20.7. The van der Waals surface area contributed by atoms with E-state index in [0.717, 1.165) is 4.31 Å². The van der Waals surface area contributed by atoms with Crippen molar-refractivity contribution in [2.75, 3.05) is 20.2 Å². The predicted octanol–water partition coefficient (Wildman–Crippen LogP) is 2.43. The van der Waals surface area contributed by atoms with E-state index in [2.05, 4.69) is 4.98 Å². The van der Waals surface area contributed by atoms with Gasteiger partial charge in [-0.2, -0.15) is 4.31 Å². The van der Waals surface area contributed by atoms with Gasteiger partial charge < -0.3 is 9.64 Å². The summed E-state index contributed by atoms with van der Waals surface area (Å²) in [5.74, 6) is -3.29. The number of aryl methyl sites for hydroxylation is 1. The van der Waals surface area contributed by atoms with Crippen molar-refractivity contribution in [3.8, 4) is 0 Å². The van der Waals surface area contributed by atoms with Crippen LogP contribution in [0.4, 0.5) is 8.78 Å². The minimum absolute atomic E-state index is 0.0144. The molecule has 0 bridgehead atoms. The standard InChI is InChI=1S/C17H22ClF2N3O4S/c1-11-3-4-13(14(18)21-11)28(25,26)23-9-10-27-16(23)15(24)22(2)12-5-7-17(19,20)8-6-12/h3-4,12,16H,5-10H2,1-2H3/t16-/m1/s1. The maximum absolute atomic E-state index is 13.4. The molecule has 1 aliphatic heterocycles. The van der Waals surface area contributed by atoms with Crippen LogP contribution in [0.5, 0.6) is 0 Å². The average Bonchev–Trinajstić information content (AvgIpc) is 3.10. The lowest BCUT2D eigenvalue weighted by Crippen LogP contribution is -2.51. The summed E-state index contributed by atoms with van der Waals surface area (Å²) in [4.78, 5) is 18.0. The van der Waals surface area contributed by atoms with Gasteiger partial charge in [-0.15, -0.1) is 0 Å². The Bertz CT molecular complexity index is 858. The third-order valence-electron chi connectivity index (χ3n) is 5.18. The summed E-state index contributed by atoms with van der Waals surface area (Å²) in [5, 5.41) is -0.180. The zero-order valence-corrected chi connectivity index (χ0v) is 17.1. The van der Waals surface area contributed by atoms with E-state index in [0.29, 0.717) is 5.69 Å². The monoisotopic (exact) mass is 437 g/mol. The van der Waals surface area contributed by atoms with Crippen molar-refractivity contribution in [1.29, 1.82) is 0 Å². The molecule has 0 radical (unpaired) electrons. The van der Waals surface area contributed by atoms with E-state index in [1.807, 2.05) is 0 Å². The number of alkyl halides is 2. The highest BCUT2D eigenvalue weighted by molar-refractivity contribution is 7.89. The summed E-state index contributed by atoms with van der Waals surface area (Å²) in [5.41, 5.74) is 0.558. The summed E-state index contributed by atoms with van der Waals surface area (Å²) < 4.78 is 59.1. The second-order valence-electron chi connectivity index (χ2n) is 7.12. The molecule has 3 rings (SSSR count). The van der Waals surface area contributed by atoms with Gasteiger partial charge in [0.1, 0.15) is 10.0 Å². The predicted molar refractivity (Wildman–Crippen MR) is 97.6 cm³/mol.